The van der Waals surface area contributed by atoms with E-state index in [0.717, 1.165) is 167 Å². The second-order valence-corrected chi connectivity index (χ2v) is 48.5. The number of anilines is 2. The number of amides is 6. The fourth-order valence-electron chi connectivity index (χ4n) is 23.0. The first kappa shape index (κ1) is 107. The highest BCUT2D eigenvalue weighted by Crippen LogP contribution is 2.66. The zero-order chi connectivity index (χ0) is 104. The van der Waals surface area contributed by atoms with Gasteiger partial charge in [0.15, 0.2) is 0 Å². The molecule has 11 heterocycles. The molecule has 146 heavy (non-hydrogen) atoms. The van der Waals surface area contributed by atoms with Crippen LogP contribution in [-0.2, 0) is 14.8 Å². The van der Waals surface area contributed by atoms with E-state index in [9.17, 15) is 61.9 Å². The molecular formula is C107H129Cl5F2N18O12S2. The molecule has 5 atom stereocenters. The van der Waals surface area contributed by atoms with Gasteiger partial charge in [0.05, 0.1) is 110 Å². The van der Waals surface area contributed by atoms with Crippen molar-refractivity contribution in [3.8, 4) is 0 Å². The van der Waals surface area contributed by atoms with Crippen molar-refractivity contribution in [1.29, 1.82) is 0 Å². The molecule has 6 amide bonds. The van der Waals surface area contributed by atoms with Crippen molar-refractivity contribution in [2.45, 2.75) is 208 Å². The normalized spacial score (nSPS) is 19.1. The number of hydrogen-bond donors (Lipinski definition) is 12. The van der Waals surface area contributed by atoms with Crippen LogP contribution in [0.15, 0.2) is 133 Å². The molecule has 5 saturated heterocycles. The van der Waals surface area contributed by atoms with Gasteiger partial charge in [0.2, 0.25) is 10.0 Å². The van der Waals surface area contributed by atoms with E-state index in [1.807, 2.05) is 147 Å². The Labute approximate surface area is 876 Å². The van der Waals surface area contributed by atoms with E-state index < -0.39 is 63.2 Å². The van der Waals surface area contributed by atoms with Crippen molar-refractivity contribution in [2.24, 2.45) is 56.7 Å². The van der Waals surface area contributed by atoms with Crippen LogP contribution in [0.5, 0.6) is 0 Å². The van der Waals surface area contributed by atoms with Crippen LogP contribution in [0, 0.1) is 89.1 Å². The van der Waals surface area contributed by atoms with Crippen molar-refractivity contribution in [3.63, 3.8) is 0 Å². The molecule has 7 aromatic carbocycles. The number of rotatable bonds is 19. The number of urea groups is 2. The number of nitrogens with one attached hydrogen (secondary N) is 7. The molecule has 3 saturated carbocycles. The molecule has 39 heteroatoms. The van der Waals surface area contributed by atoms with Crippen LogP contribution < -0.4 is 10.6 Å². The summed E-state index contributed by atoms with van der Waals surface area (Å²) in [6, 6.07) is 29.4. The maximum Gasteiger partial charge on any atom is 0.410 e. The highest BCUT2D eigenvalue weighted by atomic mass is 35.5. The van der Waals surface area contributed by atoms with Crippen molar-refractivity contribution in [3.05, 3.63) is 220 Å². The van der Waals surface area contributed by atoms with Crippen LogP contribution in [-0.4, -0.2) is 215 Å². The number of fused-ring (bicyclic) bond motifs is 5. The number of piperidine rings is 5. The van der Waals surface area contributed by atoms with E-state index in [-0.39, 0.29) is 90.6 Å². The van der Waals surface area contributed by atoms with E-state index in [1.54, 1.807) is 35.9 Å². The summed E-state index contributed by atoms with van der Waals surface area (Å²) in [5, 5.41) is 106. The van der Waals surface area contributed by atoms with Crippen LogP contribution >= 0.6 is 69.3 Å². The molecule has 3 aliphatic carbocycles. The number of ether oxygens (including phenoxy) is 1. The molecule has 0 radical (unpaired) electrons. The quantitative estimate of drug-likeness (QED) is 0.0358. The first-order valence-corrected chi connectivity index (χ1v) is 54.8. The number of hydrogen-bond acceptors (Lipinski definition) is 19. The fourth-order valence-corrected chi connectivity index (χ4v) is 25.6. The number of halogens is 7. The lowest BCUT2D eigenvalue weighted by atomic mass is 9.68. The first-order chi connectivity index (χ1) is 69.3. The number of carbonyl (C=O) groups excluding carboxylic acids is 4. The number of aliphatic hydroxyl groups is 5. The average Bonchev–Trinajstić information content (AvgIpc) is 1.62. The Morgan fingerprint density at radius 2 is 0.767 bits per heavy atom. The summed E-state index contributed by atoms with van der Waals surface area (Å²) < 4.78 is 60.1. The third-order valence-corrected chi connectivity index (χ3v) is 35.6. The topological polar surface area (TPSA) is 409 Å². The van der Waals surface area contributed by atoms with E-state index >= 15 is 0 Å². The minimum absolute atomic E-state index is 0.00801. The third kappa shape index (κ3) is 22.9. The number of sulfonamides is 1. The maximum absolute atomic E-state index is 15.0. The summed E-state index contributed by atoms with van der Waals surface area (Å²) >= 11 is 32.5. The monoisotopic (exact) mass is 2130 g/mol. The van der Waals surface area contributed by atoms with Crippen molar-refractivity contribution >= 4 is 169 Å². The Balaban J connectivity index is 0.000000125. The SMILES string of the molecule is CC(C)(C)OC(=O)N1CCC(C(C)(C)C(O)c2cc(Cl)cc3cn[nH]c23)CC1.CS(=O)(=O)N1CCC(C2(C(O)c3c(F)c(Cl)cc4cn[nH]c34)CC2)CC1.Cc1ccc(NC(=O)N2CCC(C(C)(C)C(O)c3cc(Cl)cc4cn[nH]c34)CC2)cc1.Cc1ccc(NC(=O)N2CCC(C3(C(O)c4c(F)c(Cl)cc5cn[nH]c45)CC3)CC2)cc1.Cc1nc(C(=O)N2CCC(C3(C(O)c4cc(Cl)cc5cn[nH]c45)CC3)CC2)cs1. The molecule has 8 aliphatic rings. The first-order valence-electron chi connectivity index (χ1n) is 50.1. The number of thiazole rings is 1. The van der Waals surface area contributed by atoms with Gasteiger partial charge in [-0.05, 0) is 257 Å². The largest absolute Gasteiger partial charge is 0.444 e. The Hall–Kier alpha value is -10.2. The van der Waals surface area contributed by atoms with Gasteiger partial charge in [-0.25, -0.2) is 40.9 Å². The van der Waals surface area contributed by atoms with Crippen LogP contribution in [0.4, 0.5) is 34.5 Å². The van der Waals surface area contributed by atoms with Gasteiger partial charge in [0.1, 0.15) is 22.9 Å². The summed E-state index contributed by atoms with van der Waals surface area (Å²) in [7, 11) is -3.20. The molecule has 12 N–H and O–H groups in total. The van der Waals surface area contributed by atoms with E-state index in [1.165, 1.54) is 34.0 Å². The number of carbonyl (C=O) groups is 4. The van der Waals surface area contributed by atoms with Crippen molar-refractivity contribution < 1.29 is 66.6 Å². The van der Waals surface area contributed by atoms with Gasteiger partial charge in [0.25, 0.3) is 5.91 Å². The predicted octanol–water partition coefficient (Wildman–Crippen LogP) is 23.1. The number of aryl methyl sites for hydroxylation is 3. The molecule has 5 aliphatic heterocycles. The van der Waals surface area contributed by atoms with E-state index in [4.69, 9.17) is 62.7 Å². The van der Waals surface area contributed by atoms with Gasteiger partial charge >= 0.3 is 18.2 Å². The smallest absolute Gasteiger partial charge is 0.410 e. The lowest BCUT2D eigenvalue weighted by Crippen LogP contribution is -2.45. The molecular weight excluding hydrogens is 2010 g/mol. The molecule has 8 fully saturated rings. The minimum Gasteiger partial charge on any atom is -0.444 e. The third-order valence-electron chi connectivity index (χ3n) is 32.3. The van der Waals surface area contributed by atoms with Gasteiger partial charge in [0, 0.05) is 168 Å². The van der Waals surface area contributed by atoms with Crippen LogP contribution in [0.3, 0.4) is 0 Å². The summed E-state index contributed by atoms with van der Waals surface area (Å²) in [5.41, 5.74) is 8.44. The summed E-state index contributed by atoms with van der Waals surface area (Å²) in [5.74, 6) is 0.0842. The minimum atomic E-state index is -3.20. The number of H-pyrrole nitrogens is 5. The molecule has 13 aromatic rings. The molecule has 0 bridgehead atoms. The van der Waals surface area contributed by atoms with Crippen molar-refractivity contribution in [2.75, 3.05) is 82.3 Å². The Morgan fingerprint density at radius 1 is 0.445 bits per heavy atom. The lowest BCUT2D eigenvalue weighted by Gasteiger charge is -2.43. The van der Waals surface area contributed by atoms with Crippen molar-refractivity contribution in [1.82, 2.24) is 79.9 Å². The number of likely N-dealkylation sites (tertiary alicyclic amines) is 4. The number of aliphatic hydroxyl groups excluding tert-OH is 5. The van der Waals surface area contributed by atoms with Crippen LogP contribution in [0.25, 0.3) is 54.5 Å². The predicted molar refractivity (Wildman–Crippen MR) is 567 cm³/mol. The number of nitrogens with zero attached hydrogens (tertiary/aromatic N) is 11. The molecule has 0 spiro atoms. The highest BCUT2D eigenvalue weighted by Gasteiger charge is 2.60. The van der Waals surface area contributed by atoms with Gasteiger partial charge in [-0.15, -0.1) is 11.3 Å². The maximum atomic E-state index is 15.0. The Morgan fingerprint density at radius 3 is 1.12 bits per heavy atom. The molecule has 21 rings (SSSR count). The summed E-state index contributed by atoms with van der Waals surface area (Å²) in [6.45, 7) is 26.0. The number of aromatic amines is 5. The fraction of sp³-hybridized carbons (Fsp3) is 0.495. The van der Waals surface area contributed by atoms with E-state index in [2.05, 4.69) is 94.3 Å². The molecule has 6 aromatic heterocycles. The van der Waals surface area contributed by atoms with Crippen LogP contribution in [0.2, 0.25) is 25.1 Å². The summed E-state index contributed by atoms with van der Waals surface area (Å²) in [6.07, 6.45) is 18.5. The Bertz CT molecular complexity index is 7000. The zero-order valence-corrected chi connectivity index (χ0v) is 89.2. The average molecular weight is 2140 g/mol. The van der Waals surface area contributed by atoms with Gasteiger partial charge in [-0.1, -0.05) is 121 Å². The van der Waals surface area contributed by atoms with Crippen LogP contribution in [0.1, 0.15) is 236 Å². The molecule has 5 unspecified atom stereocenters. The second-order valence-electron chi connectivity index (χ2n) is 43.3. The second kappa shape index (κ2) is 43.4. The zero-order valence-electron chi connectivity index (χ0n) is 83.8. The molecule has 780 valence electrons. The highest BCUT2D eigenvalue weighted by molar-refractivity contribution is 7.88. The van der Waals surface area contributed by atoms with Gasteiger partial charge < -0.3 is 60.5 Å². The molecule has 30 nitrogen and oxygen atoms in total. The standard InChI is InChI=1S/C24H26ClFN4O2.C24H29ClN4O2.C21H23ClN4O2S.C21H30ClN3O3.C17H21ClFN3O3S/c1-14-2-4-17(5-3-14)28-23(32)30-10-6-16(7-11-30)24(8-9-24)22(31)19-20(26)18(25)12-15-13-27-29-21(15)19;1-15-4-6-19(7-5-15)27-23(31)29-10-8-17(9-11-29)24(2,3)22(30)20-13-18(25)12-16-14-26-28-21(16)20;1-12-24-17(11-29-12)20(28)26-6-2-14(3-7-26)21(4-5-21)19(27)16-9-15(22)8-13-10-23-25-18(13)16;1-20(2,3)28-19(27)25-8-6-14(7-9-25)21(4,5)18(26)16-11-15(22)10-13-12-23-24-17(13)16;1-26(24,25)22-6-2-11(3-7-22)17(4-5-17)16(23)13-14(19)12(18)8-10-9-20-21-15(10)13/h2-5,12-13,16,22,31H,6-11H2,1H3,(H,27,29)(H,28,32);4-7,12-14,17,22,30H,8-11H2,1-3H3,(H,26,28)(H,27,31);8-11,14,19,27H,2-7H2,1H3,(H,23,25);10-12,14,18,26H,6-9H2,1-5H3,(H,23,24);8-9,11,16,23H,2-7H2,1H3,(H,20,21). The number of benzene rings is 7. The van der Waals surface area contributed by atoms with Gasteiger partial charge in [-0.3, -0.25) is 30.3 Å². The lowest BCUT2D eigenvalue weighted by molar-refractivity contribution is -0.0254. The number of aromatic nitrogens is 11. The summed E-state index contributed by atoms with van der Waals surface area (Å²) in [4.78, 5) is 62.0. The van der Waals surface area contributed by atoms with E-state index in [0.29, 0.717) is 127 Å². The Kier molecular flexibility index (Phi) is 31.8. The van der Waals surface area contributed by atoms with Gasteiger partial charge in [-0.2, -0.15) is 25.5 Å².